The van der Waals surface area contributed by atoms with Gasteiger partial charge in [-0.3, -0.25) is 4.68 Å². The van der Waals surface area contributed by atoms with Crippen LogP contribution in [-0.4, -0.2) is 25.8 Å². The normalized spacial score (nSPS) is 10.7. The summed E-state index contributed by atoms with van der Waals surface area (Å²) >= 11 is 1.54. The van der Waals surface area contributed by atoms with Crippen molar-refractivity contribution in [2.24, 2.45) is 0 Å². The number of carboxylic acids is 1. The van der Waals surface area contributed by atoms with Crippen LogP contribution >= 0.6 is 11.3 Å². The van der Waals surface area contributed by atoms with Crippen molar-refractivity contribution in [1.29, 1.82) is 0 Å². The van der Waals surface area contributed by atoms with Crippen molar-refractivity contribution in [3.63, 3.8) is 0 Å². The quantitative estimate of drug-likeness (QED) is 0.804. The molecule has 2 heterocycles. The molecule has 0 aliphatic rings. The van der Waals surface area contributed by atoms with Crippen molar-refractivity contribution < 1.29 is 9.90 Å². The van der Waals surface area contributed by atoms with Crippen molar-refractivity contribution in [3.8, 4) is 11.3 Å². The van der Waals surface area contributed by atoms with E-state index >= 15 is 0 Å². The highest BCUT2D eigenvalue weighted by molar-refractivity contribution is 7.09. The molecule has 1 N–H and O–H groups in total. The molecule has 0 spiro atoms. The number of hydrogen-bond donors (Lipinski definition) is 1. The van der Waals surface area contributed by atoms with Crippen molar-refractivity contribution in [1.82, 2.24) is 14.8 Å². The Morgan fingerprint density at radius 1 is 1.33 bits per heavy atom. The van der Waals surface area contributed by atoms with Gasteiger partial charge in [-0.1, -0.05) is 29.8 Å². The molecule has 2 aromatic heterocycles. The van der Waals surface area contributed by atoms with Crippen LogP contribution in [-0.2, 0) is 6.54 Å². The predicted molar refractivity (Wildman–Crippen MR) is 80.6 cm³/mol. The first kappa shape index (κ1) is 13.5. The molecule has 1 aromatic carbocycles. The average molecular weight is 299 g/mol. The Hall–Kier alpha value is -2.47. The molecule has 0 aliphatic carbocycles. The van der Waals surface area contributed by atoms with Crippen molar-refractivity contribution >= 4 is 17.3 Å². The first-order valence-electron chi connectivity index (χ1n) is 6.39. The number of thiazole rings is 1. The van der Waals surface area contributed by atoms with E-state index < -0.39 is 5.97 Å². The molecule has 3 aromatic rings. The predicted octanol–water partition coefficient (Wildman–Crippen LogP) is 3.06. The van der Waals surface area contributed by atoms with Crippen LogP contribution in [0.3, 0.4) is 0 Å². The minimum absolute atomic E-state index is 0.185. The van der Waals surface area contributed by atoms with Crippen molar-refractivity contribution in [2.75, 3.05) is 0 Å². The Morgan fingerprint density at radius 2 is 2.10 bits per heavy atom. The molecular weight excluding hydrogens is 286 g/mol. The minimum Gasteiger partial charge on any atom is -0.478 e. The number of rotatable bonds is 4. The van der Waals surface area contributed by atoms with Gasteiger partial charge in [0.2, 0.25) is 0 Å². The second-order valence-electron chi connectivity index (χ2n) is 4.72. The van der Waals surface area contributed by atoms with E-state index in [-0.39, 0.29) is 5.56 Å². The molecule has 0 saturated carbocycles. The summed E-state index contributed by atoms with van der Waals surface area (Å²) in [7, 11) is 0. The first-order chi connectivity index (χ1) is 10.1. The Kier molecular flexibility index (Phi) is 3.53. The number of aromatic nitrogens is 3. The van der Waals surface area contributed by atoms with Gasteiger partial charge in [-0.05, 0) is 6.92 Å². The van der Waals surface area contributed by atoms with Crippen molar-refractivity contribution in [3.05, 3.63) is 58.2 Å². The number of aromatic carboxylic acids is 1. The summed E-state index contributed by atoms with van der Waals surface area (Å²) in [6.45, 7) is 2.53. The van der Waals surface area contributed by atoms with Crippen LogP contribution in [0.1, 0.15) is 20.9 Å². The second kappa shape index (κ2) is 5.49. The molecule has 0 aliphatic heterocycles. The third-order valence-corrected chi connectivity index (χ3v) is 3.91. The highest BCUT2D eigenvalue weighted by Gasteiger charge is 2.09. The third kappa shape index (κ3) is 3.00. The van der Waals surface area contributed by atoms with E-state index in [9.17, 15) is 4.79 Å². The molecule has 106 valence electrons. The maximum atomic E-state index is 10.8. The molecule has 0 unspecified atom stereocenters. The molecule has 21 heavy (non-hydrogen) atoms. The first-order valence-corrected chi connectivity index (χ1v) is 7.27. The molecule has 0 saturated heterocycles. The van der Waals surface area contributed by atoms with Crippen LogP contribution in [0.4, 0.5) is 0 Å². The number of carbonyl (C=O) groups is 1. The van der Waals surface area contributed by atoms with Crippen LogP contribution in [0, 0.1) is 6.92 Å². The molecule has 0 amide bonds. The molecule has 3 rings (SSSR count). The number of carboxylic acid groups (broad SMARTS) is 1. The fraction of sp³-hybridized carbons (Fsp3) is 0.133. The summed E-state index contributed by atoms with van der Waals surface area (Å²) in [6, 6.07) is 8.21. The van der Waals surface area contributed by atoms with Gasteiger partial charge in [0.1, 0.15) is 5.01 Å². The number of aryl methyl sites for hydroxylation is 1. The zero-order valence-corrected chi connectivity index (χ0v) is 12.2. The lowest BCUT2D eigenvalue weighted by Gasteiger charge is -1.98. The summed E-state index contributed by atoms with van der Waals surface area (Å²) in [5.41, 5.74) is 3.41. The zero-order chi connectivity index (χ0) is 14.8. The summed E-state index contributed by atoms with van der Waals surface area (Å²) < 4.78 is 1.58. The summed E-state index contributed by atoms with van der Waals surface area (Å²) in [4.78, 5) is 15.4. The van der Waals surface area contributed by atoms with Crippen LogP contribution in [0.15, 0.2) is 42.0 Å². The van der Waals surface area contributed by atoms with Gasteiger partial charge in [-0.25, -0.2) is 9.78 Å². The van der Waals surface area contributed by atoms with Gasteiger partial charge in [0.25, 0.3) is 0 Å². The number of nitrogens with zero attached hydrogens (tertiary/aromatic N) is 3. The van der Waals surface area contributed by atoms with Crippen molar-refractivity contribution in [2.45, 2.75) is 13.5 Å². The lowest BCUT2D eigenvalue weighted by Crippen LogP contribution is -2.00. The van der Waals surface area contributed by atoms with E-state index in [1.165, 1.54) is 18.0 Å². The van der Waals surface area contributed by atoms with Crippen LogP contribution < -0.4 is 0 Å². The van der Waals surface area contributed by atoms with E-state index in [1.807, 2.05) is 24.4 Å². The van der Waals surface area contributed by atoms with Crippen LogP contribution in [0.25, 0.3) is 11.3 Å². The third-order valence-electron chi connectivity index (χ3n) is 3.08. The molecule has 5 nitrogen and oxygen atoms in total. The molecular formula is C15H13N3O2S. The number of benzene rings is 1. The van der Waals surface area contributed by atoms with Gasteiger partial charge < -0.3 is 5.11 Å². The van der Waals surface area contributed by atoms with Gasteiger partial charge >= 0.3 is 5.97 Å². The van der Waals surface area contributed by atoms with E-state index in [0.29, 0.717) is 6.54 Å². The highest BCUT2D eigenvalue weighted by Crippen LogP contribution is 2.22. The fourth-order valence-corrected chi connectivity index (χ4v) is 2.73. The maximum Gasteiger partial charge on any atom is 0.338 e. The summed E-state index contributed by atoms with van der Waals surface area (Å²) in [6.07, 6.45) is 2.85. The molecule has 0 radical (unpaired) electrons. The standard InChI is InChI=1S/C15H13N3O2S/c1-10-2-4-11(5-3-10)13-9-21-14(17-13)8-18-7-12(6-16-18)15(19)20/h2-7,9H,8H2,1H3,(H,19,20). The van der Waals surface area contributed by atoms with Gasteiger partial charge in [-0.2, -0.15) is 5.10 Å². The van der Waals surface area contributed by atoms with E-state index in [1.54, 1.807) is 16.0 Å². The van der Waals surface area contributed by atoms with E-state index in [2.05, 4.69) is 22.2 Å². The average Bonchev–Trinajstić information content (AvgIpc) is 3.10. The summed E-state index contributed by atoms with van der Waals surface area (Å²) in [5, 5.41) is 15.8. The Labute approximate surface area is 125 Å². The monoisotopic (exact) mass is 299 g/mol. The van der Waals surface area contributed by atoms with E-state index in [4.69, 9.17) is 5.11 Å². The van der Waals surface area contributed by atoms with Crippen LogP contribution in [0.2, 0.25) is 0 Å². The Morgan fingerprint density at radius 3 is 2.76 bits per heavy atom. The minimum atomic E-state index is -0.972. The molecule has 0 bridgehead atoms. The van der Waals surface area contributed by atoms with Gasteiger partial charge in [-0.15, -0.1) is 11.3 Å². The lowest BCUT2D eigenvalue weighted by atomic mass is 10.1. The van der Waals surface area contributed by atoms with Gasteiger partial charge in [0.15, 0.2) is 0 Å². The smallest absolute Gasteiger partial charge is 0.338 e. The topological polar surface area (TPSA) is 68.0 Å². The summed E-state index contributed by atoms with van der Waals surface area (Å²) in [5.74, 6) is -0.972. The van der Waals surface area contributed by atoms with Gasteiger partial charge in [0.05, 0.1) is 24.0 Å². The van der Waals surface area contributed by atoms with Crippen LogP contribution in [0.5, 0.6) is 0 Å². The fourth-order valence-electron chi connectivity index (χ4n) is 1.94. The molecule has 0 atom stereocenters. The SMILES string of the molecule is Cc1ccc(-c2csc(Cn3cc(C(=O)O)cn3)n2)cc1. The van der Waals surface area contributed by atoms with Gasteiger partial charge in [0, 0.05) is 17.1 Å². The molecule has 6 heteroatoms. The zero-order valence-electron chi connectivity index (χ0n) is 11.4. The largest absolute Gasteiger partial charge is 0.478 e. The number of hydrogen-bond acceptors (Lipinski definition) is 4. The Balaban J connectivity index is 1.78. The highest BCUT2D eigenvalue weighted by atomic mass is 32.1. The molecule has 0 fully saturated rings. The van der Waals surface area contributed by atoms with E-state index in [0.717, 1.165) is 16.3 Å². The Bertz CT molecular complexity index is 774. The second-order valence-corrected chi connectivity index (χ2v) is 5.67. The lowest BCUT2D eigenvalue weighted by molar-refractivity contribution is 0.0697. The maximum absolute atomic E-state index is 10.8.